The number of aryl methyl sites for hydroxylation is 1. The largest absolute Gasteiger partial charge is 0.497 e. The summed E-state index contributed by atoms with van der Waals surface area (Å²) in [6.45, 7) is 2.47. The summed E-state index contributed by atoms with van der Waals surface area (Å²) in [7, 11) is -1.98. The molecule has 0 saturated carbocycles. The highest BCUT2D eigenvalue weighted by molar-refractivity contribution is 7.89. The van der Waals surface area contributed by atoms with Gasteiger partial charge in [-0.25, -0.2) is 13.1 Å². The molecule has 41 heavy (non-hydrogen) atoms. The van der Waals surface area contributed by atoms with Gasteiger partial charge in [-0.15, -0.1) is 0 Å². The first-order valence-electron chi connectivity index (χ1n) is 13.7. The van der Waals surface area contributed by atoms with Crippen molar-refractivity contribution in [1.29, 1.82) is 0 Å². The highest BCUT2D eigenvalue weighted by atomic mass is 32.2. The number of carbonyl (C=O) groups is 2. The minimum atomic E-state index is -3.57. The van der Waals surface area contributed by atoms with E-state index < -0.39 is 16.1 Å². The molecule has 0 bridgehead atoms. The summed E-state index contributed by atoms with van der Waals surface area (Å²) in [4.78, 5) is 29.0. The monoisotopic (exact) mass is 581 g/mol. The van der Waals surface area contributed by atoms with Gasteiger partial charge < -0.3 is 20.1 Å². The molecule has 3 aromatic rings. The molecule has 1 atom stereocenters. The first-order valence-corrected chi connectivity index (χ1v) is 15.2. The molecular formula is C31H39N3O6S. The van der Waals surface area contributed by atoms with Crippen LogP contribution in [0.3, 0.4) is 0 Å². The van der Waals surface area contributed by atoms with Crippen molar-refractivity contribution in [2.45, 2.75) is 50.1 Å². The van der Waals surface area contributed by atoms with E-state index in [9.17, 15) is 23.1 Å². The van der Waals surface area contributed by atoms with Gasteiger partial charge in [-0.3, -0.25) is 9.59 Å². The zero-order chi connectivity index (χ0) is 29.7. The van der Waals surface area contributed by atoms with E-state index in [1.54, 1.807) is 31.1 Å². The Morgan fingerprint density at radius 2 is 1.59 bits per heavy atom. The zero-order valence-electron chi connectivity index (χ0n) is 23.6. The van der Waals surface area contributed by atoms with Gasteiger partial charge in [0.15, 0.2) is 0 Å². The van der Waals surface area contributed by atoms with Crippen molar-refractivity contribution in [2.24, 2.45) is 0 Å². The van der Waals surface area contributed by atoms with Gasteiger partial charge >= 0.3 is 0 Å². The Hall–Kier alpha value is -3.73. The first-order chi connectivity index (χ1) is 19.8. The van der Waals surface area contributed by atoms with E-state index in [-0.39, 0.29) is 36.3 Å². The zero-order valence-corrected chi connectivity index (χ0v) is 24.4. The fourth-order valence-corrected chi connectivity index (χ4v) is 5.43. The summed E-state index contributed by atoms with van der Waals surface area (Å²) in [5.74, 6) is 0.194. The number of methoxy groups -OCH3 is 1. The maximum Gasteiger partial charge on any atom is 0.243 e. The third-order valence-electron chi connectivity index (χ3n) is 6.61. The normalized spacial score (nSPS) is 12.0. The minimum absolute atomic E-state index is 0.0489. The lowest BCUT2D eigenvalue weighted by Crippen LogP contribution is -2.50. The van der Waals surface area contributed by atoms with Crippen molar-refractivity contribution < 1.29 is 27.9 Å². The van der Waals surface area contributed by atoms with E-state index in [1.165, 1.54) is 12.1 Å². The van der Waals surface area contributed by atoms with Crippen molar-refractivity contribution in [3.05, 3.63) is 95.6 Å². The van der Waals surface area contributed by atoms with Crippen molar-refractivity contribution in [2.75, 3.05) is 26.8 Å². The number of aliphatic hydroxyl groups is 1. The number of aliphatic hydroxyl groups excluding tert-OH is 1. The van der Waals surface area contributed by atoms with Crippen LogP contribution < -0.4 is 14.8 Å². The Bertz CT molecular complexity index is 1350. The lowest BCUT2D eigenvalue weighted by molar-refractivity contribution is -0.141. The van der Waals surface area contributed by atoms with Crippen LogP contribution >= 0.6 is 0 Å². The predicted octanol–water partition coefficient (Wildman–Crippen LogP) is 3.06. The van der Waals surface area contributed by atoms with E-state index in [1.807, 2.05) is 54.6 Å². The molecule has 0 aliphatic rings. The molecule has 0 aliphatic carbocycles. The standard InChI is InChI=1S/C31H39N3O6S/c1-3-33-41(38,39)28-17-12-24(13-18-28)14-19-30(36)34(23-26-10-15-27(40-2)16-11-26)29(31(37)32-20-7-21-35)22-25-8-5-4-6-9-25/h4-6,8-13,15-18,29,33,35H,3,7,14,19-23H2,1-2H3,(H,32,37)/t29-/m1/s1. The number of nitrogens with one attached hydrogen (secondary N) is 2. The molecule has 0 saturated heterocycles. The number of hydrogen-bond donors (Lipinski definition) is 3. The molecule has 0 aliphatic heterocycles. The van der Waals surface area contributed by atoms with Crippen molar-refractivity contribution in [1.82, 2.24) is 14.9 Å². The van der Waals surface area contributed by atoms with E-state index in [0.29, 0.717) is 38.1 Å². The van der Waals surface area contributed by atoms with E-state index in [4.69, 9.17) is 4.74 Å². The molecule has 10 heteroatoms. The molecule has 0 unspecified atom stereocenters. The van der Waals surface area contributed by atoms with Crippen LogP contribution in [-0.4, -0.2) is 63.1 Å². The maximum atomic E-state index is 13.8. The van der Waals surface area contributed by atoms with Gasteiger partial charge in [-0.2, -0.15) is 0 Å². The van der Waals surface area contributed by atoms with Crippen LogP contribution in [0, 0.1) is 0 Å². The topological polar surface area (TPSA) is 125 Å². The SMILES string of the molecule is CCNS(=O)(=O)c1ccc(CCC(=O)N(Cc2ccc(OC)cc2)[C@H](Cc2ccccc2)C(=O)NCCCO)cc1. The molecule has 9 nitrogen and oxygen atoms in total. The molecule has 0 aromatic heterocycles. The van der Waals surface area contributed by atoms with Crippen molar-refractivity contribution in [3.63, 3.8) is 0 Å². The van der Waals surface area contributed by atoms with Crippen molar-refractivity contribution in [3.8, 4) is 5.75 Å². The highest BCUT2D eigenvalue weighted by Gasteiger charge is 2.30. The van der Waals surface area contributed by atoms with Crippen LogP contribution in [0.1, 0.15) is 36.5 Å². The highest BCUT2D eigenvalue weighted by Crippen LogP contribution is 2.19. The van der Waals surface area contributed by atoms with Crippen molar-refractivity contribution >= 4 is 21.8 Å². The lowest BCUT2D eigenvalue weighted by atomic mass is 10.0. The first kappa shape index (κ1) is 31.8. The average molecular weight is 582 g/mol. The van der Waals surface area contributed by atoms with Gasteiger partial charge in [0.1, 0.15) is 11.8 Å². The second-order valence-electron chi connectivity index (χ2n) is 9.59. The molecule has 3 aromatic carbocycles. The van der Waals surface area contributed by atoms with Crippen LogP contribution in [0.5, 0.6) is 5.75 Å². The number of benzene rings is 3. The summed E-state index contributed by atoms with van der Waals surface area (Å²) >= 11 is 0. The van der Waals surface area contributed by atoms with Crippen LogP contribution in [0.4, 0.5) is 0 Å². The average Bonchev–Trinajstić information content (AvgIpc) is 2.98. The van der Waals surface area contributed by atoms with Crippen LogP contribution in [-0.2, 0) is 39.0 Å². The van der Waals surface area contributed by atoms with Crippen LogP contribution in [0.25, 0.3) is 0 Å². The lowest BCUT2D eigenvalue weighted by Gasteiger charge is -2.31. The Morgan fingerprint density at radius 1 is 0.927 bits per heavy atom. The molecule has 220 valence electrons. The van der Waals surface area contributed by atoms with Gasteiger partial charge in [0.2, 0.25) is 21.8 Å². The fraction of sp³-hybridized carbons (Fsp3) is 0.355. The summed E-state index contributed by atoms with van der Waals surface area (Å²) in [5.41, 5.74) is 2.57. The van der Waals surface area contributed by atoms with E-state index >= 15 is 0 Å². The number of nitrogens with zero attached hydrogens (tertiary/aromatic N) is 1. The number of ether oxygens (including phenoxy) is 1. The summed E-state index contributed by atoms with van der Waals surface area (Å²) in [6, 6.07) is 22.6. The fourth-order valence-electron chi connectivity index (χ4n) is 4.39. The van der Waals surface area contributed by atoms with Crippen LogP contribution in [0.15, 0.2) is 83.8 Å². The number of sulfonamides is 1. The molecule has 2 amide bonds. The third kappa shape index (κ3) is 9.70. The Balaban J connectivity index is 1.86. The number of rotatable bonds is 16. The second-order valence-corrected chi connectivity index (χ2v) is 11.4. The van der Waals surface area contributed by atoms with Gasteiger partial charge in [0.25, 0.3) is 0 Å². The van der Waals surface area contributed by atoms with Gasteiger partial charge in [0.05, 0.1) is 12.0 Å². The molecule has 3 rings (SSSR count). The summed E-state index contributed by atoms with van der Waals surface area (Å²) in [5, 5.41) is 12.1. The molecular weight excluding hydrogens is 542 g/mol. The predicted molar refractivity (Wildman–Crippen MR) is 158 cm³/mol. The quantitative estimate of drug-likeness (QED) is 0.223. The summed E-state index contributed by atoms with van der Waals surface area (Å²) < 4.78 is 32.3. The number of carbonyl (C=O) groups excluding carboxylic acids is 2. The van der Waals surface area contributed by atoms with E-state index in [0.717, 1.165) is 16.7 Å². The Morgan fingerprint density at radius 3 is 2.20 bits per heavy atom. The third-order valence-corrected chi connectivity index (χ3v) is 8.17. The Kier molecular flexibility index (Phi) is 12.3. The number of amides is 2. The second kappa shape index (κ2) is 15.9. The Labute approximate surface area is 242 Å². The van der Waals surface area contributed by atoms with Gasteiger partial charge in [-0.1, -0.05) is 61.5 Å². The van der Waals surface area contributed by atoms with E-state index in [2.05, 4.69) is 10.0 Å². The molecule has 0 radical (unpaired) electrons. The molecule has 3 N–H and O–H groups in total. The molecule has 0 fully saturated rings. The molecule has 0 spiro atoms. The van der Waals surface area contributed by atoms with Crippen LogP contribution in [0.2, 0.25) is 0 Å². The minimum Gasteiger partial charge on any atom is -0.497 e. The molecule has 0 heterocycles. The summed E-state index contributed by atoms with van der Waals surface area (Å²) in [6.07, 6.45) is 1.24. The van der Waals surface area contributed by atoms with Gasteiger partial charge in [-0.05, 0) is 53.8 Å². The number of hydrogen-bond acceptors (Lipinski definition) is 6. The maximum absolute atomic E-state index is 13.8. The smallest absolute Gasteiger partial charge is 0.243 e. The van der Waals surface area contributed by atoms with Gasteiger partial charge in [0, 0.05) is 39.1 Å².